The van der Waals surface area contributed by atoms with Crippen LogP contribution in [0.1, 0.15) is 29.4 Å². The Morgan fingerprint density at radius 1 is 1.21 bits per heavy atom. The van der Waals surface area contributed by atoms with Crippen LogP contribution in [0.25, 0.3) is 0 Å². The van der Waals surface area contributed by atoms with Gasteiger partial charge >= 0.3 is 5.92 Å². The molecule has 178 valence electrons. The lowest BCUT2D eigenvalue weighted by Crippen LogP contribution is -2.42. The molecule has 3 heterocycles. The van der Waals surface area contributed by atoms with Gasteiger partial charge in [-0.1, -0.05) is 6.07 Å². The number of halogens is 4. The van der Waals surface area contributed by atoms with Gasteiger partial charge in [-0.3, -0.25) is 14.2 Å². The van der Waals surface area contributed by atoms with E-state index >= 15 is 0 Å². The number of amides is 1. The van der Waals surface area contributed by atoms with Gasteiger partial charge in [-0.05, 0) is 31.0 Å². The minimum absolute atomic E-state index is 0.0312. The van der Waals surface area contributed by atoms with Gasteiger partial charge in [0, 0.05) is 36.1 Å². The van der Waals surface area contributed by atoms with Crippen molar-refractivity contribution in [2.24, 2.45) is 0 Å². The maximum Gasteiger partial charge on any atom is 0.347 e. The van der Waals surface area contributed by atoms with E-state index in [1.807, 2.05) is 0 Å². The lowest BCUT2D eigenvalue weighted by Gasteiger charge is -2.18. The molecule has 1 atom stereocenters. The van der Waals surface area contributed by atoms with Gasteiger partial charge in [-0.2, -0.15) is 13.5 Å². The summed E-state index contributed by atoms with van der Waals surface area (Å²) in [6.45, 7) is -1.50. The van der Waals surface area contributed by atoms with Gasteiger partial charge in [0.05, 0.1) is 6.54 Å². The fraction of sp³-hybridized carbons (Fsp3) is 0.273. The van der Waals surface area contributed by atoms with Gasteiger partial charge in [-0.15, -0.1) is 0 Å². The van der Waals surface area contributed by atoms with Gasteiger partial charge in [0.1, 0.15) is 17.7 Å². The number of nitrogens with one attached hydrogen (secondary N) is 2. The molecule has 0 radical (unpaired) electrons. The monoisotopic (exact) mass is 477 g/mol. The highest BCUT2D eigenvalue weighted by Gasteiger charge is 2.40. The molecule has 0 bridgehead atoms. The van der Waals surface area contributed by atoms with E-state index in [4.69, 9.17) is 0 Å². The smallest absolute Gasteiger partial charge is 0.347 e. The summed E-state index contributed by atoms with van der Waals surface area (Å²) >= 11 is 0. The van der Waals surface area contributed by atoms with E-state index in [0.29, 0.717) is 12.1 Å². The summed E-state index contributed by atoms with van der Waals surface area (Å²) in [7, 11) is 0. The van der Waals surface area contributed by atoms with Crippen molar-refractivity contribution in [3.05, 3.63) is 92.9 Å². The van der Waals surface area contributed by atoms with E-state index < -0.39 is 59.7 Å². The average molecular weight is 477 g/mol. The SMILES string of the molecule is O=C(NCc1c(F)cccc1F)C1CCc2cnc(NCC(F)(F)c3cccc[n+]3[O-])c(=O)n21. The second-order valence-corrected chi connectivity index (χ2v) is 7.72. The number of rotatable bonds is 7. The molecule has 0 saturated carbocycles. The number of aryl methyl sites for hydroxylation is 1. The summed E-state index contributed by atoms with van der Waals surface area (Å²) in [4.78, 5) is 29.5. The Labute approximate surface area is 190 Å². The van der Waals surface area contributed by atoms with Crippen molar-refractivity contribution in [1.82, 2.24) is 14.9 Å². The summed E-state index contributed by atoms with van der Waals surface area (Å²) in [6.07, 6.45) is 2.78. The van der Waals surface area contributed by atoms with Crippen LogP contribution in [0.15, 0.2) is 53.6 Å². The first-order chi connectivity index (χ1) is 16.2. The van der Waals surface area contributed by atoms with E-state index in [1.54, 1.807) is 0 Å². The molecular weight excluding hydrogens is 458 g/mol. The molecule has 1 amide bonds. The van der Waals surface area contributed by atoms with E-state index in [9.17, 15) is 32.4 Å². The van der Waals surface area contributed by atoms with Crippen LogP contribution in [0.4, 0.5) is 23.4 Å². The minimum Gasteiger partial charge on any atom is -0.618 e. The molecule has 3 aromatic rings. The second-order valence-electron chi connectivity index (χ2n) is 7.72. The molecular formula is C22H19F4N5O3. The molecule has 0 saturated heterocycles. The summed E-state index contributed by atoms with van der Waals surface area (Å²) in [5.74, 6) is -6.32. The first kappa shape index (κ1) is 23.2. The maximum atomic E-state index is 14.5. The highest BCUT2D eigenvalue weighted by Crippen LogP contribution is 2.27. The van der Waals surface area contributed by atoms with Crippen LogP contribution in [0.5, 0.6) is 0 Å². The molecule has 1 aliphatic heterocycles. The third kappa shape index (κ3) is 4.43. The first-order valence-corrected chi connectivity index (χ1v) is 10.3. The number of hydrogen-bond donors (Lipinski definition) is 2. The molecule has 12 heteroatoms. The predicted octanol–water partition coefficient (Wildman–Crippen LogP) is 2.16. The Hall–Kier alpha value is -3.96. The molecule has 34 heavy (non-hydrogen) atoms. The summed E-state index contributed by atoms with van der Waals surface area (Å²) in [5, 5.41) is 16.3. The number of carbonyl (C=O) groups excluding carboxylic acids is 1. The fourth-order valence-electron chi connectivity index (χ4n) is 3.80. The number of pyridine rings is 1. The number of anilines is 1. The van der Waals surface area contributed by atoms with Gasteiger partial charge in [-0.25, -0.2) is 13.8 Å². The normalized spacial score (nSPS) is 15.1. The third-order valence-corrected chi connectivity index (χ3v) is 5.54. The predicted molar refractivity (Wildman–Crippen MR) is 112 cm³/mol. The van der Waals surface area contributed by atoms with E-state index in [2.05, 4.69) is 15.6 Å². The molecule has 1 aliphatic rings. The number of nitrogens with zero attached hydrogens (tertiary/aromatic N) is 3. The Balaban J connectivity index is 1.50. The number of benzene rings is 1. The Bertz CT molecular complexity index is 1280. The molecule has 1 unspecified atom stereocenters. The zero-order valence-corrected chi connectivity index (χ0v) is 17.6. The standard InChI is InChI=1S/C22H19F4N5O3/c23-15-4-3-5-16(24)14(15)11-28-20(32)17-8-7-13-10-27-19(21(33)31(13)17)29-12-22(25,26)18-6-1-2-9-30(18)34/h1-6,9-10,17H,7-8,11-12H2,(H,27,29)(H,28,32). The molecule has 2 aromatic heterocycles. The largest absolute Gasteiger partial charge is 0.618 e. The molecule has 0 aliphatic carbocycles. The lowest BCUT2D eigenvalue weighted by atomic mass is 10.1. The molecule has 1 aromatic carbocycles. The highest BCUT2D eigenvalue weighted by atomic mass is 19.3. The number of alkyl halides is 2. The number of carbonyl (C=O) groups is 1. The van der Waals surface area contributed by atoms with Crippen LogP contribution in [0, 0.1) is 16.8 Å². The van der Waals surface area contributed by atoms with Crippen molar-refractivity contribution in [2.45, 2.75) is 31.4 Å². The quantitative estimate of drug-likeness (QED) is 0.309. The van der Waals surface area contributed by atoms with Crippen molar-refractivity contribution in [3.63, 3.8) is 0 Å². The number of aromatic nitrogens is 3. The van der Waals surface area contributed by atoms with Gasteiger partial charge in [0.2, 0.25) is 5.91 Å². The minimum atomic E-state index is -3.61. The maximum absolute atomic E-state index is 14.5. The zero-order valence-electron chi connectivity index (χ0n) is 17.6. The topological polar surface area (TPSA) is 103 Å². The van der Waals surface area contributed by atoms with Crippen LogP contribution in [-0.2, 0) is 23.7 Å². The number of hydrogen-bond acceptors (Lipinski definition) is 5. The van der Waals surface area contributed by atoms with Gasteiger partial charge < -0.3 is 15.8 Å². The van der Waals surface area contributed by atoms with E-state index in [1.165, 1.54) is 24.4 Å². The van der Waals surface area contributed by atoms with Crippen LogP contribution in [0.3, 0.4) is 0 Å². The average Bonchev–Trinajstić information content (AvgIpc) is 3.23. The summed E-state index contributed by atoms with van der Waals surface area (Å²) in [5.41, 5.74) is -1.51. The summed E-state index contributed by atoms with van der Waals surface area (Å²) in [6, 6.07) is 5.88. The Kier molecular flexibility index (Phi) is 6.22. The van der Waals surface area contributed by atoms with E-state index in [-0.39, 0.29) is 16.7 Å². The number of fused-ring (bicyclic) bond motifs is 1. The first-order valence-electron chi connectivity index (χ1n) is 10.3. The van der Waals surface area contributed by atoms with Crippen LogP contribution in [0.2, 0.25) is 0 Å². The van der Waals surface area contributed by atoms with Crippen LogP contribution < -0.4 is 20.9 Å². The Morgan fingerprint density at radius 3 is 2.65 bits per heavy atom. The molecule has 2 N–H and O–H groups in total. The van der Waals surface area contributed by atoms with Crippen molar-refractivity contribution in [2.75, 3.05) is 11.9 Å². The van der Waals surface area contributed by atoms with Gasteiger partial charge in [0.25, 0.3) is 11.3 Å². The Morgan fingerprint density at radius 2 is 1.94 bits per heavy atom. The van der Waals surface area contributed by atoms with E-state index in [0.717, 1.165) is 29.0 Å². The molecule has 0 fully saturated rings. The van der Waals surface area contributed by atoms with Crippen molar-refractivity contribution in [3.8, 4) is 0 Å². The summed E-state index contributed by atoms with van der Waals surface area (Å²) < 4.78 is 57.8. The highest BCUT2D eigenvalue weighted by molar-refractivity contribution is 5.81. The fourth-order valence-corrected chi connectivity index (χ4v) is 3.80. The molecule has 8 nitrogen and oxygen atoms in total. The van der Waals surface area contributed by atoms with Crippen molar-refractivity contribution in [1.29, 1.82) is 0 Å². The van der Waals surface area contributed by atoms with Crippen LogP contribution >= 0.6 is 0 Å². The third-order valence-electron chi connectivity index (χ3n) is 5.54. The lowest BCUT2D eigenvalue weighted by molar-refractivity contribution is -0.624. The second kappa shape index (κ2) is 9.12. The molecule has 4 rings (SSSR count). The molecule has 0 spiro atoms. The van der Waals surface area contributed by atoms with Crippen LogP contribution in [-0.4, -0.2) is 22.0 Å². The van der Waals surface area contributed by atoms with Crippen molar-refractivity contribution < 1.29 is 27.1 Å². The zero-order chi connectivity index (χ0) is 24.5. The van der Waals surface area contributed by atoms with Gasteiger partial charge in [0.15, 0.2) is 12.0 Å². The van der Waals surface area contributed by atoms with Crippen molar-refractivity contribution >= 4 is 11.7 Å².